The maximum Gasteiger partial charge on any atom is 0.212 e. The van der Waals surface area contributed by atoms with E-state index in [1.807, 2.05) is 0 Å². The van der Waals surface area contributed by atoms with Crippen LogP contribution in [0, 0.1) is 5.95 Å². The quantitative estimate of drug-likeness (QED) is 0.633. The lowest BCUT2D eigenvalue weighted by atomic mass is 10.3. The van der Waals surface area contributed by atoms with Crippen molar-refractivity contribution in [2.45, 2.75) is 0 Å². The first-order valence-corrected chi connectivity index (χ1v) is 5.15. The molecule has 88 valence electrons. The Morgan fingerprint density at radius 1 is 1.11 bits per heavy atom. The lowest BCUT2D eigenvalue weighted by molar-refractivity contribution is 0.584. The van der Waals surface area contributed by atoms with Crippen LogP contribution in [0.15, 0.2) is 42.9 Å². The van der Waals surface area contributed by atoms with Gasteiger partial charge in [-0.05, 0) is 29.5 Å². The summed E-state index contributed by atoms with van der Waals surface area (Å²) in [6, 6.07) is 6.38. The first-order valence-electron chi connectivity index (χ1n) is 5.15. The smallest absolute Gasteiger partial charge is 0.212 e. The molecule has 0 spiro atoms. The molecule has 0 amide bonds. The van der Waals surface area contributed by atoms with Crippen molar-refractivity contribution >= 4 is 0 Å². The minimum atomic E-state index is -0.543. The second-order valence-corrected chi connectivity index (χ2v) is 3.48. The van der Waals surface area contributed by atoms with Crippen molar-refractivity contribution in [3.05, 3.63) is 48.8 Å². The molecule has 0 fully saturated rings. The molecule has 3 aromatic rings. The van der Waals surface area contributed by atoms with E-state index in [9.17, 15) is 4.39 Å². The third-order valence-corrected chi connectivity index (χ3v) is 2.28. The summed E-state index contributed by atoms with van der Waals surface area (Å²) in [5.41, 5.74) is 1.30. The summed E-state index contributed by atoms with van der Waals surface area (Å²) in [5, 5.41) is 12.0. The highest BCUT2D eigenvalue weighted by Gasteiger charge is 2.07. The van der Waals surface area contributed by atoms with Gasteiger partial charge in [-0.3, -0.25) is 4.98 Å². The van der Waals surface area contributed by atoms with Crippen molar-refractivity contribution in [3.63, 3.8) is 0 Å². The molecule has 3 heterocycles. The Kier molecular flexibility index (Phi) is 2.49. The standard InChI is InChI=1S/C11H7FN6/c12-10-4-3-8(6-14-10)11-15-17-18(16-11)9-2-1-5-13-7-9/h1-7H. The van der Waals surface area contributed by atoms with E-state index in [1.54, 1.807) is 30.6 Å². The molecule has 0 aromatic carbocycles. The Hall–Kier alpha value is -2.70. The Morgan fingerprint density at radius 3 is 2.78 bits per heavy atom. The molecular weight excluding hydrogens is 235 g/mol. The van der Waals surface area contributed by atoms with Gasteiger partial charge in [-0.2, -0.15) is 4.39 Å². The van der Waals surface area contributed by atoms with Gasteiger partial charge in [-0.1, -0.05) is 0 Å². The van der Waals surface area contributed by atoms with E-state index < -0.39 is 5.95 Å². The van der Waals surface area contributed by atoms with Gasteiger partial charge in [0.05, 0.1) is 6.20 Å². The number of hydrogen-bond donors (Lipinski definition) is 0. The van der Waals surface area contributed by atoms with Gasteiger partial charge in [0.25, 0.3) is 0 Å². The average Bonchev–Trinajstić information content (AvgIpc) is 2.90. The van der Waals surface area contributed by atoms with Crippen molar-refractivity contribution in [2.24, 2.45) is 0 Å². The summed E-state index contributed by atoms with van der Waals surface area (Å²) in [6.45, 7) is 0. The van der Waals surface area contributed by atoms with Crippen molar-refractivity contribution in [2.75, 3.05) is 0 Å². The highest BCUT2D eigenvalue weighted by Crippen LogP contribution is 2.13. The number of aromatic nitrogens is 6. The van der Waals surface area contributed by atoms with Crippen LogP contribution in [0.5, 0.6) is 0 Å². The molecule has 6 nitrogen and oxygen atoms in total. The van der Waals surface area contributed by atoms with Crippen molar-refractivity contribution in [1.82, 2.24) is 30.2 Å². The van der Waals surface area contributed by atoms with Crippen LogP contribution >= 0.6 is 0 Å². The molecule has 18 heavy (non-hydrogen) atoms. The summed E-state index contributed by atoms with van der Waals surface area (Å²) >= 11 is 0. The lowest BCUT2D eigenvalue weighted by Gasteiger charge is -1.95. The molecule has 3 rings (SSSR count). The molecule has 0 aliphatic heterocycles. The van der Waals surface area contributed by atoms with E-state index in [-0.39, 0.29) is 0 Å². The molecule has 3 aromatic heterocycles. The lowest BCUT2D eigenvalue weighted by Crippen LogP contribution is -1.99. The summed E-state index contributed by atoms with van der Waals surface area (Å²) in [6.07, 6.45) is 4.64. The van der Waals surface area contributed by atoms with Crippen LogP contribution in [0.2, 0.25) is 0 Å². The molecular formula is C11H7FN6. The molecule has 0 saturated carbocycles. The van der Waals surface area contributed by atoms with Gasteiger partial charge in [-0.25, -0.2) is 4.98 Å². The van der Waals surface area contributed by atoms with Crippen LogP contribution in [0.25, 0.3) is 17.1 Å². The number of hydrogen-bond acceptors (Lipinski definition) is 5. The zero-order valence-electron chi connectivity index (χ0n) is 9.10. The predicted molar refractivity (Wildman–Crippen MR) is 60.1 cm³/mol. The van der Waals surface area contributed by atoms with Crippen LogP contribution in [-0.4, -0.2) is 30.2 Å². The van der Waals surface area contributed by atoms with E-state index in [0.717, 1.165) is 0 Å². The summed E-state index contributed by atoms with van der Waals surface area (Å²) in [4.78, 5) is 8.86. The highest BCUT2D eigenvalue weighted by molar-refractivity contribution is 5.51. The first kappa shape index (κ1) is 10.5. The number of halogens is 1. The maximum atomic E-state index is 12.7. The number of tetrazole rings is 1. The molecule has 0 atom stereocenters. The van der Waals surface area contributed by atoms with Gasteiger partial charge in [0, 0.05) is 18.0 Å². The van der Waals surface area contributed by atoms with Gasteiger partial charge < -0.3 is 0 Å². The molecule has 0 aliphatic carbocycles. The van der Waals surface area contributed by atoms with Gasteiger partial charge in [0.15, 0.2) is 0 Å². The van der Waals surface area contributed by atoms with Crippen LogP contribution in [0.4, 0.5) is 4.39 Å². The van der Waals surface area contributed by atoms with Crippen molar-refractivity contribution in [1.29, 1.82) is 0 Å². The molecule has 0 saturated heterocycles. The van der Waals surface area contributed by atoms with E-state index in [0.29, 0.717) is 17.1 Å². The fourth-order valence-electron chi connectivity index (χ4n) is 1.42. The van der Waals surface area contributed by atoms with Gasteiger partial charge in [-0.15, -0.1) is 15.0 Å². The van der Waals surface area contributed by atoms with E-state index in [4.69, 9.17) is 0 Å². The average molecular weight is 242 g/mol. The number of nitrogens with zero attached hydrogens (tertiary/aromatic N) is 6. The number of rotatable bonds is 2. The first-order chi connectivity index (χ1) is 8.83. The Balaban J connectivity index is 1.97. The van der Waals surface area contributed by atoms with Crippen molar-refractivity contribution < 1.29 is 4.39 Å². The second kappa shape index (κ2) is 4.28. The predicted octanol–water partition coefficient (Wildman–Crippen LogP) is 1.26. The Labute approximate surface area is 101 Å². The fourth-order valence-corrected chi connectivity index (χ4v) is 1.42. The molecule has 0 radical (unpaired) electrons. The maximum absolute atomic E-state index is 12.7. The summed E-state index contributed by atoms with van der Waals surface area (Å²) in [5.74, 6) is -0.162. The zero-order chi connectivity index (χ0) is 12.4. The molecule has 0 unspecified atom stereocenters. The van der Waals surface area contributed by atoms with Crippen LogP contribution in [0.3, 0.4) is 0 Å². The SMILES string of the molecule is Fc1ccc(-c2nnn(-c3cccnc3)n2)cn1. The minimum Gasteiger partial charge on any atom is -0.262 e. The second-order valence-electron chi connectivity index (χ2n) is 3.48. The monoisotopic (exact) mass is 242 g/mol. The van der Waals surface area contributed by atoms with Crippen molar-refractivity contribution in [3.8, 4) is 17.1 Å². The zero-order valence-corrected chi connectivity index (χ0v) is 9.10. The summed E-state index contributed by atoms with van der Waals surface area (Å²) in [7, 11) is 0. The number of pyridine rings is 2. The van der Waals surface area contributed by atoms with E-state index >= 15 is 0 Å². The van der Waals surface area contributed by atoms with E-state index in [1.165, 1.54) is 17.1 Å². The topological polar surface area (TPSA) is 69.4 Å². The third-order valence-electron chi connectivity index (χ3n) is 2.28. The third kappa shape index (κ3) is 1.93. The minimum absolute atomic E-state index is 0.381. The molecule has 0 N–H and O–H groups in total. The van der Waals surface area contributed by atoms with Crippen LogP contribution < -0.4 is 0 Å². The largest absolute Gasteiger partial charge is 0.262 e. The normalized spacial score (nSPS) is 10.5. The fraction of sp³-hybridized carbons (Fsp3) is 0. The van der Waals surface area contributed by atoms with E-state index in [2.05, 4.69) is 25.4 Å². The Morgan fingerprint density at radius 2 is 2.06 bits per heavy atom. The van der Waals surface area contributed by atoms with Gasteiger partial charge >= 0.3 is 0 Å². The van der Waals surface area contributed by atoms with Gasteiger partial charge in [0.1, 0.15) is 5.69 Å². The highest BCUT2D eigenvalue weighted by atomic mass is 19.1. The molecule has 0 bridgehead atoms. The molecule has 7 heteroatoms. The van der Waals surface area contributed by atoms with Crippen LogP contribution in [0.1, 0.15) is 0 Å². The van der Waals surface area contributed by atoms with Gasteiger partial charge in [0.2, 0.25) is 11.8 Å². The Bertz CT molecular complexity index is 649. The summed E-state index contributed by atoms with van der Waals surface area (Å²) < 4.78 is 12.7. The van der Waals surface area contributed by atoms with Crippen LogP contribution in [-0.2, 0) is 0 Å². The molecule has 0 aliphatic rings.